The summed E-state index contributed by atoms with van der Waals surface area (Å²) in [5.74, 6) is 0.332. The van der Waals surface area contributed by atoms with E-state index in [0.29, 0.717) is 18.4 Å². The minimum atomic E-state index is 0.332. The molecule has 1 saturated heterocycles. The number of carbonyl (C=O) groups excluding carboxylic acids is 1. The molecule has 0 N–H and O–H groups in total. The van der Waals surface area contributed by atoms with Crippen molar-refractivity contribution < 1.29 is 4.79 Å². The fourth-order valence-electron chi connectivity index (χ4n) is 2.76. The number of benzene rings is 1. The number of unbranched alkanes of at least 4 members (excludes halogenated alkanes) is 1. The standard InChI is InChI=1S/C17H26N2O/c1-3-4-10-17(20)19-12-11-18(15(2)13-19)14-16-8-6-5-7-9-16/h5-9,15H,3-4,10-14H2,1-2H3. The summed E-state index contributed by atoms with van der Waals surface area (Å²) in [6.45, 7) is 8.07. The van der Waals surface area contributed by atoms with Gasteiger partial charge in [-0.15, -0.1) is 0 Å². The first-order valence-corrected chi connectivity index (χ1v) is 7.76. The quantitative estimate of drug-likeness (QED) is 0.824. The summed E-state index contributed by atoms with van der Waals surface area (Å²) in [6, 6.07) is 11.0. The summed E-state index contributed by atoms with van der Waals surface area (Å²) in [6.07, 6.45) is 2.81. The highest BCUT2D eigenvalue weighted by atomic mass is 16.2. The van der Waals surface area contributed by atoms with Crippen LogP contribution in [-0.4, -0.2) is 41.4 Å². The molecule has 1 unspecified atom stereocenters. The van der Waals surface area contributed by atoms with Crippen molar-refractivity contribution >= 4 is 5.91 Å². The van der Waals surface area contributed by atoms with Crippen LogP contribution in [0.5, 0.6) is 0 Å². The Balaban J connectivity index is 1.84. The van der Waals surface area contributed by atoms with Crippen molar-refractivity contribution in [3.05, 3.63) is 35.9 Å². The Morgan fingerprint density at radius 1 is 1.25 bits per heavy atom. The summed E-state index contributed by atoms with van der Waals surface area (Å²) in [5, 5.41) is 0. The lowest BCUT2D eigenvalue weighted by Crippen LogP contribution is -2.53. The molecule has 2 rings (SSSR count). The molecule has 1 amide bonds. The van der Waals surface area contributed by atoms with Gasteiger partial charge < -0.3 is 4.90 Å². The van der Waals surface area contributed by atoms with E-state index in [1.807, 2.05) is 4.90 Å². The van der Waals surface area contributed by atoms with Crippen molar-refractivity contribution in [2.24, 2.45) is 0 Å². The van der Waals surface area contributed by atoms with Crippen LogP contribution in [0.2, 0.25) is 0 Å². The molecule has 1 fully saturated rings. The molecule has 1 aliphatic rings. The molecule has 1 aliphatic heterocycles. The first-order chi connectivity index (χ1) is 9.70. The molecular weight excluding hydrogens is 248 g/mol. The molecule has 0 bridgehead atoms. The Labute approximate surface area is 122 Å². The second-order valence-electron chi connectivity index (χ2n) is 5.75. The molecule has 20 heavy (non-hydrogen) atoms. The molecule has 1 heterocycles. The normalized spacial score (nSPS) is 20.1. The van der Waals surface area contributed by atoms with Gasteiger partial charge >= 0.3 is 0 Å². The average molecular weight is 274 g/mol. The van der Waals surface area contributed by atoms with Crippen LogP contribution in [0.1, 0.15) is 38.7 Å². The SMILES string of the molecule is CCCCC(=O)N1CCN(Cc2ccccc2)C(C)C1. The van der Waals surface area contributed by atoms with Gasteiger partial charge in [0, 0.05) is 38.6 Å². The van der Waals surface area contributed by atoms with Gasteiger partial charge in [-0.3, -0.25) is 9.69 Å². The molecule has 1 aromatic rings. The highest BCUT2D eigenvalue weighted by Crippen LogP contribution is 2.15. The number of rotatable bonds is 5. The molecule has 3 heteroatoms. The summed E-state index contributed by atoms with van der Waals surface area (Å²) >= 11 is 0. The van der Waals surface area contributed by atoms with Crippen molar-refractivity contribution in [3.63, 3.8) is 0 Å². The number of hydrogen-bond acceptors (Lipinski definition) is 2. The third-order valence-electron chi connectivity index (χ3n) is 4.09. The van der Waals surface area contributed by atoms with Crippen molar-refractivity contribution in [2.45, 2.75) is 45.7 Å². The largest absolute Gasteiger partial charge is 0.340 e. The van der Waals surface area contributed by atoms with Gasteiger partial charge in [-0.25, -0.2) is 0 Å². The lowest BCUT2D eigenvalue weighted by Gasteiger charge is -2.40. The van der Waals surface area contributed by atoms with E-state index in [4.69, 9.17) is 0 Å². The Morgan fingerprint density at radius 2 is 2.00 bits per heavy atom. The van der Waals surface area contributed by atoms with E-state index in [1.165, 1.54) is 5.56 Å². The van der Waals surface area contributed by atoms with Gasteiger partial charge in [-0.2, -0.15) is 0 Å². The highest BCUT2D eigenvalue weighted by Gasteiger charge is 2.26. The molecule has 0 aliphatic carbocycles. The van der Waals surface area contributed by atoms with Gasteiger partial charge in [0.15, 0.2) is 0 Å². The zero-order chi connectivity index (χ0) is 14.4. The average Bonchev–Trinajstić information content (AvgIpc) is 2.48. The van der Waals surface area contributed by atoms with Crippen LogP contribution in [0, 0.1) is 0 Å². The first kappa shape index (κ1) is 15.0. The topological polar surface area (TPSA) is 23.6 Å². The maximum atomic E-state index is 12.1. The lowest BCUT2D eigenvalue weighted by atomic mass is 10.1. The van der Waals surface area contributed by atoms with E-state index in [2.05, 4.69) is 49.1 Å². The fourth-order valence-corrected chi connectivity index (χ4v) is 2.76. The Kier molecular flexibility index (Phi) is 5.60. The van der Waals surface area contributed by atoms with Crippen LogP contribution in [0.3, 0.4) is 0 Å². The van der Waals surface area contributed by atoms with Crippen molar-refractivity contribution in [1.29, 1.82) is 0 Å². The maximum absolute atomic E-state index is 12.1. The highest BCUT2D eigenvalue weighted by molar-refractivity contribution is 5.76. The molecule has 0 spiro atoms. The van der Waals surface area contributed by atoms with Crippen LogP contribution < -0.4 is 0 Å². The minimum absolute atomic E-state index is 0.332. The van der Waals surface area contributed by atoms with Gasteiger partial charge in [0.1, 0.15) is 0 Å². The van der Waals surface area contributed by atoms with Gasteiger partial charge in [-0.1, -0.05) is 43.7 Å². The zero-order valence-electron chi connectivity index (χ0n) is 12.7. The third kappa shape index (κ3) is 4.07. The first-order valence-electron chi connectivity index (χ1n) is 7.76. The molecule has 0 aromatic heterocycles. The Bertz CT molecular complexity index is 418. The van der Waals surface area contributed by atoms with Crippen LogP contribution in [0.25, 0.3) is 0 Å². The maximum Gasteiger partial charge on any atom is 0.222 e. The van der Waals surface area contributed by atoms with E-state index in [-0.39, 0.29) is 0 Å². The number of hydrogen-bond donors (Lipinski definition) is 0. The predicted octanol–water partition coefficient (Wildman–Crippen LogP) is 2.91. The second kappa shape index (κ2) is 7.44. The van der Waals surface area contributed by atoms with Crippen molar-refractivity contribution in [2.75, 3.05) is 19.6 Å². The number of nitrogens with zero attached hydrogens (tertiary/aromatic N) is 2. The van der Waals surface area contributed by atoms with Crippen LogP contribution >= 0.6 is 0 Å². The molecule has 1 atom stereocenters. The smallest absolute Gasteiger partial charge is 0.222 e. The van der Waals surface area contributed by atoms with Crippen LogP contribution in [0.15, 0.2) is 30.3 Å². The molecule has 0 radical (unpaired) electrons. The zero-order valence-corrected chi connectivity index (χ0v) is 12.7. The van der Waals surface area contributed by atoms with Gasteiger partial charge in [0.25, 0.3) is 0 Å². The van der Waals surface area contributed by atoms with E-state index in [1.54, 1.807) is 0 Å². The summed E-state index contributed by atoms with van der Waals surface area (Å²) in [7, 11) is 0. The molecule has 1 aromatic carbocycles. The summed E-state index contributed by atoms with van der Waals surface area (Å²) in [5.41, 5.74) is 1.35. The number of piperazine rings is 1. The molecular formula is C17H26N2O. The predicted molar refractivity (Wildman–Crippen MR) is 82.4 cm³/mol. The molecule has 0 saturated carbocycles. The lowest BCUT2D eigenvalue weighted by molar-refractivity contribution is -0.134. The molecule has 3 nitrogen and oxygen atoms in total. The van der Waals surface area contributed by atoms with Crippen LogP contribution in [0.4, 0.5) is 0 Å². The summed E-state index contributed by atoms with van der Waals surface area (Å²) < 4.78 is 0. The Morgan fingerprint density at radius 3 is 2.65 bits per heavy atom. The minimum Gasteiger partial charge on any atom is -0.340 e. The number of carbonyl (C=O) groups is 1. The summed E-state index contributed by atoms with van der Waals surface area (Å²) in [4.78, 5) is 16.6. The van der Waals surface area contributed by atoms with Crippen molar-refractivity contribution in [3.8, 4) is 0 Å². The van der Waals surface area contributed by atoms with Crippen molar-refractivity contribution in [1.82, 2.24) is 9.80 Å². The fraction of sp³-hybridized carbons (Fsp3) is 0.588. The monoisotopic (exact) mass is 274 g/mol. The van der Waals surface area contributed by atoms with E-state index < -0.39 is 0 Å². The van der Waals surface area contributed by atoms with E-state index in [0.717, 1.165) is 39.0 Å². The van der Waals surface area contributed by atoms with Gasteiger partial charge in [-0.05, 0) is 18.9 Å². The number of amides is 1. The molecule has 110 valence electrons. The van der Waals surface area contributed by atoms with Gasteiger partial charge in [0.2, 0.25) is 5.91 Å². The third-order valence-corrected chi connectivity index (χ3v) is 4.09. The van der Waals surface area contributed by atoms with E-state index in [9.17, 15) is 4.79 Å². The van der Waals surface area contributed by atoms with Crippen LogP contribution in [-0.2, 0) is 11.3 Å². The van der Waals surface area contributed by atoms with E-state index >= 15 is 0 Å². The Hall–Kier alpha value is -1.35. The second-order valence-corrected chi connectivity index (χ2v) is 5.75. The van der Waals surface area contributed by atoms with Gasteiger partial charge in [0.05, 0.1) is 0 Å².